The SMILES string of the molecule is C[C@H](c1cccnc1N)N(CC(N)=O)c1nc(OC[C@@]23CCCN2C[C@H](F)C3)nc(N2CC3(C2)SCc2sc(N)c(C#N)c23)n1. The highest BCUT2D eigenvalue weighted by atomic mass is 32.2. The van der Waals surface area contributed by atoms with Gasteiger partial charge in [0.2, 0.25) is 17.8 Å². The minimum atomic E-state index is -0.897. The number of primary amides is 1. The van der Waals surface area contributed by atoms with Crippen LogP contribution < -0.4 is 31.7 Å². The Bertz CT molecular complexity index is 1690. The van der Waals surface area contributed by atoms with Gasteiger partial charge in [0.05, 0.1) is 21.9 Å². The highest BCUT2D eigenvalue weighted by Gasteiger charge is 2.53. The van der Waals surface area contributed by atoms with Crippen molar-refractivity contribution in [3.8, 4) is 12.1 Å². The predicted octanol–water partition coefficient (Wildman–Crippen LogP) is 2.33. The Morgan fingerprint density at radius 1 is 1.33 bits per heavy atom. The second-order valence-electron chi connectivity index (χ2n) is 12.2. The van der Waals surface area contributed by atoms with Gasteiger partial charge in [-0.1, -0.05) is 6.07 Å². The predicted molar refractivity (Wildman–Crippen MR) is 171 cm³/mol. The van der Waals surface area contributed by atoms with Gasteiger partial charge in [-0.15, -0.1) is 23.1 Å². The number of alkyl halides is 1. The van der Waals surface area contributed by atoms with E-state index < -0.39 is 23.7 Å². The molecule has 3 saturated heterocycles. The highest BCUT2D eigenvalue weighted by Crippen LogP contribution is 2.57. The molecule has 7 rings (SSSR count). The van der Waals surface area contributed by atoms with Crippen molar-refractivity contribution in [3.63, 3.8) is 0 Å². The molecule has 6 N–H and O–H groups in total. The summed E-state index contributed by atoms with van der Waals surface area (Å²) < 4.78 is 20.5. The van der Waals surface area contributed by atoms with Crippen LogP contribution in [0, 0.1) is 11.3 Å². The van der Waals surface area contributed by atoms with Gasteiger partial charge in [0.1, 0.15) is 36.2 Å². The molecular weight excluding hydrogens is 618 g/mol. The quantitative estimate of drug-likeness (QED) is 0.306. The number of ether oxygens (including phenoxy) is 1. The van der Waals surface area contributed by atoms with E-state index in [0.29, 0.717) is 53.9 Å². The number of nitrogen functional groups attached to an aromatic ring is 2. The van der Waals surface area contributed by atoms with Gasteiger partial charge >= 0.3 is 6.01 Å². The van der Waals surface area contributed by atoms with E-state index in [1.165, 1.54) is 11.3 Å². The molecule has 1 spiro atoms. The van der Waals surface area contributed by atoms with Gasteiger partial charge in [0.15, 0.2) is 0 Å². The molecule has 0 aromatic carbocycles. The number of fused-ring (bicyclic) bond motifs is 3. The smallest absolute Gasteiger partial charge is 0.323 e. The van der Waals surface area contributed by atoms with E-state index in [0.717, 1.165) is 35.6 Å². The number of nitrogens with zero attached hydrogens (tertiary/aromatic N) is 8. The van der Waals surface area contributed by atoms with E-state index in [2.05, 4.69) is 20.9 Å². The zero-order chi connectivity index (χ0) is 31.5. The van der Waals surface area contributed by atoms with Crippen LogP contribution in [0.3, 0.4) is 0 Å². The minimum absolute atomic E-state index is 0.0811. The van der Waals surface area contributed by atoms with Crippen molar-refractivity contribution in [2.24, 2.45) is 5.73 Å². The molecule has 3 atom stereocenters. The van der Waals surface area contributed by atoms with Crippen LogP contribution in [0.15, 0.2) is 18.3 Å². The zero-order valence-corrected chi connectivity index (χ0v) is 26.4. The number of nitriles is 1. The van der Waals surface area contributed by atoms with Gasteiger partial charge in [-0.3, -0.25) is 9.69 Å². The molecule has 3 fully saturated rings. The number of hydrogen-bond acceptors (Lipinski definition) is 14. The summed E-state index contributed by atoms with van der Waals surface area (Å²) >= 11 is 3.27. The number of nitrogens with two attached hydrogens (primary N) is 3. The first-order valence-corrected chi connectivity index (χ1v) is 16.7. The number of pyridine rings is 1. The summed E-state index contributed by atoms with van der Waals surface area (Å²) in [6.07, 6.45) is 2.92. The molecule has 0 radical (unpaired) electrons. The largest absolute Gasteiger partial charge is 0.461 e. The number of aromatic nitrogens is 4. The van der Waals surface area contributed by atoms with Crippen molar-refractivity contribution >= 4 is 51.7 Å². The third-order valence-corrected chi connectivity index (χ3v) is 12.1. The molecule has 0 aliphatic carbocycles. The van der Waals surface area contributed by atoms with Crippen molar-refractivity contribution in [3.05, 3.63) is 39.9 Å². The van der Waals surface area contributed by atoms with Gasteiger partial charge in [-0.05, 0) is 32.4 Å². The van der Waals surface area contributed by atoms with Crippen molar-refractivity contribution in [1.82, 2.24) is 24.8 Å². The molecule has 4 aliphatic rings. The average molecular weight is 652 g/mol. The number of thioether (sulfide) groups is 1. The number of amides is 1. The number of hydrogen-bond donors (Lipinski definition) is 3. The lowest BCUT2D eigenvalue weighted by Crippen LogP contribution is -2.57. The van der Waals surface area contributed by atoms with Gasteiger partial charge in [0.25, 0.3) is 0 Å². The van der Waals surface area contributed by atoms with Crippen molar-refractivity contribution in [2.75, 3.05) is 60.6 Å². The van der Waals surface area contributed by atoms with Crippen LogP contribution in [0.25, 0.3) is 0 Å². The molecule has 4 aliphatic heterocycles. The number of carbonyl (C=O) groups is 1. The molecule has 7 heterocycles. The summed E-state index contributed by atoms with van der Waals surface area (Å²) in [6.45, 7) is 4.26. The van der Waals surface area contributed by atoms with Gasteiger partial charge in [-0.2, -0.15) is 20.2 Å². The number of anilines is 4. The molecule has 16 heteroatoms. The number of thiophene rings is 1. The van der Waals surface area contributed by atoms with Crippen LogP contribution in [0.4, 0.5) is 27.1 Å². The maximum absolute atomic E-state index is 14.5. The Kier molecular flexibility index (Phi) is 7.37. The van der Waals surface area contributed by atoms with E-state index in [-0.39, 0.29) is 29.9 Å². The Hall–Kier alpha value is -3.94. The van der Waals surface area contributed by atoms with Crippen LogP contribution in [0.5, 0.6) is 6.01 Å². The molecule has 0 saturated carbocycles. The highest BCUT2D eigenvalue weighted by molar-refractivity contribution is 8.00. The summed E-state index contributed by atoms with van der Waals surface area (Å²) in [5, 5.41) is 10.4. The Balaban J connectivity index is 1.23. The second-order valence-corrected chi connectivity index (χ2v) is 14.7. The average Bonchev–Trinajstić information content (AvgIpc) is 3.71. The van der Waals surface area contributed by atoms with Crippen molar-refractivity contribution < 1.29 is 13.9 Å². The number of halogens is 1. The third kappa shape index (κ3) is 5.06. The van der Waals surface area contributed by atoms with Crippen molar-refractivity contribution in [2.45, 2.75) is 54.4 Å². The summed E-state index contributed by atoms with van der Waals surface area (Å²) in [7, 11) is 0. The maximum atomic E-state index is 14.5. The van der Waals surface area contributed by atoms with Crippen LogP contribution in [0.1, 0.15) is 53.8 Å². The molecule has 0 bridgehead atoms. The van der Waals surface area contributed by atoms with Crippen LogP contribution in [0.2, 0.25) is 0 Å². The van der Waals surface area contributed by atoms with E-state index in [9.17, 15) is 14.4 Å². The number of carbonyl (C=O) groups excluding carboxylic acids is 1. The first-order valence-electron chi connectivity index (χ1n) is 14.9. The standard InChI is InChI=1S/C29H34FN11O2S2/c1-16(18-4-2-6-35-23(18)33)41(11-21(32)42)26-36-25(37-27(38-26)43-15-28-5-3-7-40(28)10-17(30)8-28)39-13-29(14-39)22-19(9-31)24(34)45-20(22)12-44-29/h2,4,6,16-17H,3,5,7-8,10-15,34H2,1H3,(H2,32,42)(H2,33,35)/t16-,17-,28+/m1/s1. The molecule has 13 nitrogen and oxygen atoms in total. The molecule has 236 valence electrons. The minimum Gasteiger partial charge on any atom is -0.461 e. The third-order valence-electron chi connectivity index (χ3n) is 9.42. The topological polar surface area (TPSA) is 189 Å². The normalized spacial score (nSPS) is 23.8. The Morgan fingerprint density at radius 2 is 2.16 bits per heavy atom. The Morgan fingerprint density at radius 3 is 2.91 bits per heavy atom. The lowest BCUT2D eigenvalue weighted by molar-refractivity contribution is -0.116. The lowest BCUT2D eigenvalue weighted by atomic mass is 9.88. The maximum Gasteiger partial charge on any atom is 0.323 e. The fraction of sp³-hybridized carbons (Fsp3) is 0.517. The van der Waals surface area contributed by atoms with Gasteiger partial charge in [-0.25, -0.2) is 9.37 Å². The van der Waals surface area contributed by atoms with E-state index in [4.69, 9.17) is 31.9 Å². The van der Waals surface area contributed by atoms with Gasteiger partial charge < -0.3 is 31.7 Å². The zero-order valence-electron chi connectivity index (χ0n) is 24.8. The molecule has 1 amide bonds. The van der Waals surface area contributed by atoms with Crippen LogP contribution in [-0.4, -0.2) is 81.8 Å². The van der Waals surface area contributed by atoms with E-state index >= 15 is 0 Å². The Labute approximate surface area is 268 Å². The summed E-state index contributed by atoms with van der Waals surface area (Å²) in [5.41, 5.74) is 19.9. The van der Waals surface area contributed by atoms with Crippen molar-refractivity contribution in [1.29, 1.82) is 5.26 Å². The first-order chi connectivity index (χ1) is 21.6. The summed E-state index contributed by atoms with van der Waals surface area (Å²) in [6, 6.07) is 5.51. The fourth-order valence-electron chi connectivity index (χ4n) is 7.25. The lowest BCUT2D eigenvalue weighted by Gasteiger charge is -2.47. The fourth-order valence-corrected chi connectivity index (χ4v) is 10.1. The summed E-state index contributed by atoms with van der Waals surface area (Å²) in [4.78, 5) is 37.7. The molecule has 3 aromatic rings. The van der Waals surface area contributed by atoms with E-state index in [1.54, 1.807) is 28.9 Å². The molecule has 3 aromatic heterocycles. The van der Waals surface area contributed by atoms with E-state index in [1.807, 2.05) is 17.9 Å². The molecule has 0 unspecified atom stereocenters. The summed E-state index contributed by atoms with van der Waals surface area (Å²) in [5.74, 6) is 1.09. The molecular formula is C29H34FN11O2S2. The second kappa shape index (κ2) is 11.1. The number of rotatable bonds is 9. The van der Waals surface area contributed by atoms with Crippen LogP contribution in [-0.2, 0) is 15.3 Å². The monoisotopic (exact) mass is 651 g/mol. The van der Waals surface area contributed by atoms with Gasteiger partial charge in [0, 0.05) is 54.0 Å². The first kappa shape index (κ1) is 29.8. The van der Waals surface area contributed by atoms with Crippen LogP contribution >= 0.6 is 23.1 Å². The molecule has 45 heavy (non-hydrogen) atoms.